The van der Waals surface area contributed by atoms with Gasteiger partial charge in [-0.1, -0.05) is 61.7 Å². The third kappa shape index (κ3) is 9.61. The molecule has 4 rings (SSSR count). The van der Waals surface area contributed by atoms with Crippen LogP contribution in [0.5, 0.6) is 11.5 Å². The number of carbonyl (C=O) groups is 2. The van der Waals surface area contributed by atoms with Crippen LogP contribution in [0.1, 0.15) is 96.9 Å². The monoisotopic (exact) mass is 680 g/mol. The van der Waals surface area contributed by atoms with E-state index in [0.717, 1.165) is 30.8 Å². The van der Waals surface area contributed by atoms with E-state index in [0.29, 0.717) is 26.1 Å². The Hall–Kier alpha value is -4.00. The summed E-state index contributed by atoms with van der Waals surface area (Å²) >= 11 is 0. The van der Waals surface area contributed by atoms with Crippen LogP contribution in [0.25, 0.3) is 0 Å². The summed E-state index contributed by atoms with van der Waals surface area (Å²) in [4.78, 5) is 24.2. The molecule has 0 unspecified atom stereocenters. The highest BCUT2D eigenvalue weighted by atomic mass is 16.5. The van der Waals surface area contributed by atoms with E-state index in [1.54, 1.807) is 27.7 Å². The molecule has 0 N–H and O–H groups in total. The maximum absolute atomic E-state index is 12.1. The predicted molar refractivity (Wildman–Crippen MR) is 201 cm³/mol. The average Bonchev–Trinajstić information content (AvgIpc) is 3.07. The Morgan fingerprint density at radius 1 is 0.640 bits per heavy atom. The van der Waals surface area contributed by atoms with Crippen LogP contribution in [0.2, 0.25) is 0 Å². The topological polar surface area (TPSA) is 71.1 Å². The van der Waals surface area contributed by atoms with Gasteiger partial charge in [0.2, 0.25) is 0 Å². The molecule has 0 aliphatic heterocycles. The van der Waals surface area contributed by atoms with Gasteiger partial charge in [0.05, 0.1) is 13.2 Å². The predicted octanol–water partition coefficient (Wildman–Crippen LogP) is 9.36. The Kier molecular flexibility index (Phi) is 12.0. The number of ether oxygens (including phenoxy) is 4. The highest BCUT2D eigenvalue weighted by Gasteiger charge is 2.38. The standard InChI is InChI=1S/C44H56O6/c1-11-38(45)42(7,8)47-29-27-40(3,4)49-36-21-17-34(18-22-36)44(26-25-32-15-13-14-16-33(32)31-44)35-19-23-37(24-20-35)50-41(5,6)28-30-48-43(9,10)39(46)12-2/h11-24H,1-2,25-31H2,3-10H3. The minimum absolute atomic E-state index is 0.137. The number of aryl methyl sites for hydroxylation is 1. The van der Waals surface area contributed by atoms with Gasteiger partial charge >= 0.3 is 0 Å². The van der Waals surface area contributed by atoms with Gasteiger partial charge in [-0.25, -0.2) is 0 Å². The number of hydrogen-bond acceptors (Lipinski definition) is 6. The SMILES string of the molecule is C=CC(=O)C(C)(C)OCCC(C)(C)Oc1ccc(C2(c3ccc(OC(C)(C)CCOC(C)(C)C(=O)C=C)cc3)CCc3ccccc3C2)cc1. The van der Waals surface area contributed by atoms with Crippen molar-refractivity contribution >= 4 is 11.6 Å². The number of carbonyl (C=O) groups excluding carboxylic acids is 2. The summed E-state index contributed by atoms with van der Waals surface area (Å²) in [5.74, 6) is 1.31. The maximum atomic E-state index is 12.1. The summed E-state index contributed by atoms with van der Waals surface area (Å²) in [6, 6.07) is 25.8. The Bertz CT molecular complexity index is 1550. The zero-order valence-corrected chi connectivity index (χ0v) is 31.4. The van der Waals surface area contributed by atoms with Gasteiger partial charge in [0.15, 0.2) is 11.6 Å². The van der Waals surface area contributed by atoms with Crippen LogP contribution < -0.4 is 9.47 Å². The van der Waals surface area contributed by atoms with E-state index >= 15 is 0 Å². The van der Waals surface area contributed by atoms with E-state index in [1.807, 2.05) is 27.7 Å². The molecule has 1 aliphatic carbocycles. The molecule has 1 aliphatic rings. The molecule has 0 saturated carbocycles. The first-order chi connectivity index (χ1) is 23.4. The first kappa shape index (κ1) is 38.8. The fraction of sp³-hybridized carbons (Fsp3) is 0.455. The molecule has 6 nitrogen and oxygen atoms in total. The van der Waals surface area contributed by atoms with Gasteiger partial charge in [-0.2, -0.15) is 0 Å². The van der Waals surface area contributed by atoms with Gasteiger partial charge in [0.1, 0.15) is 33.9 Å². The summed E-state index contributed by atoms with van der Waals surface area (Å²) in [6.07, 6.45) is 6.72. The largest absolute Gasteiger partial charge is 0.488 e. The molecule has 0 atom stereocenters. The van der Waals surface area contributed by atoms with Crippen LogP contribution in [-0.4, -0.2) is 47.2 Å². The fourth-order valence-electron chi connectivity index (χ4n) is 6.56. The molecular weight excluding hydrogens is 624 g/mol. The Labute approximate surface area is 299 Å². The van der Waals surface area contributed by atoms with E-state index in [9.17, 15) is 9.59 Å². The first-order valence-electron chi connectivity index (χ1n) is 17.7. The molecule has 268 valence electrons. The third-order valence-corrected chi connectivity index (χ3v) is 9.93. The maximum Gasteiger partial charge on any atom is 0.186 e. The van der Waals surface area contributed by atoms with Crippen molar-refractivity contribution in [3.05, 3.63) is 120 Å². The number of ketones is 2. The van der Waals surface area contributed by atoms with Crippen molar-refractivity contribution in [3.8, 4) is 11.5 Å². The highest BCUT2D eigenvalue weighted by molar-refractivity contribution is 5.96. The van der Waals surface area contributed by atoms with Crippen LogP contribution in [0, 0.1) is 0 Å². The lowest BCUT2D eigenvalue weighted by Crippen LogP contribution is -2.37. The molecule has 0 bridgehead atoms. The highest BCUT2D eigenvalue weighted by Crippen LogP contribution is 2.45. The lowest BCUT2D eigenvalue weighted by molar-refractivity contribution is -0.136. The normalized spacial score (nSPS) is 14.7. The second-order valence-electron chi connectivity index (χ2n) is 15.7. The van der Waals surface area contributed by atoms with Gasteiger partial charge in [0.25, 0.3) is 0 Å². The number of benzene rings is 3. The van der Waals surface area contributed by atoms with Crippen molar-refractivity contribution in [2.75, 3.05) is 13.2 Å². The summed E-state index contributed by atoms with van der Waals surface area (Å²) in [6.45, 7) is 23.1. The molecule has 0 heterocycles. The smallest absolute Gasteiger partial charge is 0.186 e. The van der Waals surface area contributed by atoms with E-state index in [4.69, 9.17) is 18.9 Å². The minimum atomic E-state index is -0.909. The molecule has 0 saturated heterocycles. The summed E-state index contributed by atoms with van der Waals surface area (Å²) in [5.41, 5.74) is 2.24. The molecule has 50 heavy (non-hydrogen) atoms. The summed E-state index contributed by atoms with van der Waals surface area (Å²) in [5, 5.41) is 0. The van der Waals surface area contributed by atoms with Gasteiger partial charge in [-0.05, 0) is 133 Å². The number of rotatable bonds is 18. The Balaban J connectivity index is 1.50. The van der Waals surface area contributed by atoms with Gasteiger partial charge in [-0.3, -0.25) is 9.59 Å². The van der Waals surface area contributed by atoms with Crippen molar-refractivity contribution in [2.45, 2.75) is 115 Å². The number of hydrogen-bond donors (Lipinski definition) is 0. The van der Waals surface area contributed by atoms with Crippen molar-refractivity contribution in [1.82, 2.24) is 0 Å². The Morgan fingerprint density at radius 2 is 1.04 bits per heavy atom. The van der Waals surface area contributed by atoms with E-state index in [2.05, 4.69) is 86.0 Å². The molecule has 0 radical (unpaired) electrons. The molecule has 0 spiro atoms. The molecule has 0 aromatic heterocycles. The van der Waals surface area contributed by atoms with Crippen LogP contribution >= 0.6 is 0 Å². The van der Waals surface area contributed by atoms with Crippen molar-refractivity contribution in [3.63, 3.8) is 0 Å². The molecule has 0 amide bonds. The molecular formula is C44H56O6. The average molecular weight is 681 g/mol. The van der Waals surface area contributed by atoms with E-state index in [1.165, 1.54) is 34.4 Å². The second kappa shape index (κ2) is 15.5. The molecule has 3 aromatic rings. The van der Waals surface area contributed by atoms with Crippen molar-refractivity contribution in [2.24, 2.45) is 0 Å². The summed E-state index contributed by atoms with van der Waals surface area (Å²) < 4.78 is 24.7. The van der Waals surface area contributed by atoms with Gasteiger partial charge in [-0.15, -0.1) is 0 Å². The first-order valence-corrected chi connectivity index (χ1v) is 17.7. The number of fused-ring (bicyclic) bond motifs is 1. The van der Waals surface area contributed by atoms with E-state index in [-0.39, 0.29) is 17.0 Å². The molecule has 3 aromatic carbocycles. The lowest BCUT2D eigenvalue weighted by atomic mass is 9.64. The van der Waals surface area contributed by atoms with Gasteiger partial charge in [0, 0.05) is 18.3 Å². The minimum Gasteiger partial charge on any atom is -0.488 e. The van der Waals surface area contributed by atoms with Crippen LogP contribution in [0.4, 0.5) is 0 Å². The van der Waals surface area contributed by atoms with Crippen LogP contribution in [0.3, 0.4) is 0 Å². The van der Waals surface area contributed by atoms with Crippen LogP contribution in [0.15, 0.2) is 98.1 Å². The molecule has 0 fully saturated rings. The Morgan fingerprint density at radius 3 is 1.44 bits per heavy atom. The van der Waals surface area contributed by atoms with Crippen LogP contribution in [-0.2, 0) is 37.3 Å². The van der Waals surface area contributed by atoms with E-state index < -0.39 is 22.4 Å². The van der Waals surface area contributed by atoms with Gasteiger partial charge < -0.3 is 18.9 Å². The quantitative estimate of drug-likeness (QED) is 0.125. The van der Waals surface area contributed by atoms with Crippen molar-refractivity contribution < 1.29 is 28.5 Å². The fourth-order valence-corrected chi connectivity index (χ4v) is 6.56. The third-order valence-electron chi connectivity index (χ3n) is 9.93. The zero-order valence-electron chi connectivity index (χ0n) is 31.4. The lowest BCUT2D eigenvalue weighted by Gasteiger charge is -2.40. The summed E-state index contributed by atoms with van der Waals surface area (Å²) in [7, 11) is 0. The molecule has 6 heteroatoms. The zero-order chi connectivity index (χ0) is 36.8. The second-order valence-corrected chi connectivity index (χ2v) is 15.7. The van der Waals surface area contributed by atoms with Crippen molar-refractivity contribution in [1.29, 1.82) is 0 Å².